The average molecular weight is 290 g/mol. The molecule has 1 aliphatic rings. The second-order valence-electron chi connectivity index (χ2n) is 5.19. The summed E-state index contributed by atoms with van der Waals surface area (Å²) >= 11 is 0. The van der Waals surface area contributed by atoms with E-state index in [1.54, 1.807) is 19.2 Å². The van der Waals surface area contributed by atoms with E-state index in [9.17, 15) is 9.59 Å². The predicted molar refractivity (Wildman–Crippen MR) is 83.6 cm³/mol. The van der Waals surface area contributed by atoms with Crippen molar-refractivity contribution in [3.05, 3.63) is 23.8 Å². The van der Waals surface area contributed by atoms with E-state index in [0.29, 0.717) is 24.2 Å². The fraction of sp³-hybridized carbons (Fsp3) is 0.467. The summed E-state index contributed by atoms with van der Waals surface area (Å²) in [5.74, 6) is -0.569. The maximum Gasteiger partial charge on any atom is 0.248 e. The number of nitrogens with zero attached hydrogens (tertiary/aromatic N) is 1. The Hall–Kier alpha value is -2.08. The Morgan fingerprint density at radius 1 is 1.29 bits per heavy atom. The molecule has 1 aromatic rings. The molecule has 1 heterocycles. The van der Waals surface area contributed by atoms with Crippen molar-refractivity contribution < 1.29 is 9.59 Å². The summed E-state index contributed by atoms with van der Waals surface area (Å²) in [5.41, 5.74) is 7.34. The van der Waals surface area contributed by atoms with Crippen LogP contribution in [-0.4, -0.2) is 38.5 Å². The Morgan fingerprint density at radius 3 is 2.62 bits per heavy atom. The molecule has 2 rings (SSSR count). The lowest BCUT2D eigenvalue weighted by Crippen LogP contribution is -2.23. The Bertz CT molecular complexity index is 524. The van der Waals surface area contributed by atoms with Gasteiger partial charge in [0.05, 0.1) is 11.4 Å². The Labute approximate surface area is 124 Å². The number of anilines is 2. The van der Waals surface area contributed by atoms with Crippen molar-refractivity contribution in [3.8, 4) is 0 Å². The highest BCUT2D eigenvalue weighted by Gasteiger charge is 2.18. The average Bonchev–Trinajstić information content (AvgIpc) is 2.99. The summed E-state index contributed by atoms with van der Waals surface area (Å²) in [7, 11) is 1.80. The van der Waals surface area contributed by atoms with Gasteiger partial charge in [0.25, 0.3) is 0 Å². The van der Waals surface area contributed by atoms with Crippen molar-refractivity contribution in [2.24, 2.45) is 5.73 Å². The predicted octanol–water partition coefficient (Wildman–Crippen LogP) is 0.934. The molecule has 0 aromatic heterocycles. The van der Waals surface area contributed by atoms with Gasteiger partial charge in [-0.05, 0) is 38.1 Å². The number of primary amides is 1. The molecule has 6 heteroatoms. The summed E-state index contributed by atoms with van der Waals surface area (Å²) < 4.78 is 0. The fourth-order valence-corrected chi connectivity index (χ4v) is 2.47. The third kappa shape index (κ3) is 3.95. The third-order valence-electron chi connectivity index (χ3n) is 3.60. The molecule has 1 saturated heterocycles. The van der Waals surface area contributed by atoms with Gasteiger partial charge in [-0.1, -0.05) is 0 Å². The zero-order chi connectivity index (χ0) is 15.2. The molecule has 1 aliphatic heterocycles. The number of nitrogens with one attached hydrogen (secondary N) is 2. The maximum atomic E-state index is 11.9. The smallest absolute Gasteiger partial charge is 0.248 e. The number of hydrogen-bond acceptors (Lipinski definition) is 4. The minimum Gasteiger partial charge on any atom is -0.370 e. The summed E-state index contributed by atoms with van der Waals surface area (Å²) in [6.07, 6.45) is 2.67. The van der Waals surface area contributed by atoms with Crippen LogP contribution in [0.5, 0.6) is 0 Å². The second-order valence-corrected chi connectivity index (χ2v) is 5.19. The number of hydrogen-bond donors (Lipinski definition) is 3. The van der Waals surface area contributed by atoms with E-state index in [-0.39, 0.29) is 5.91 Å². The van der Waals surface area contributed by atoms with Crippen LogP contribution in [0.25, 0.3) is 0 Å². The summed E-state index contributed by atoms with van der Waals surface area (Å²) in [6.45, 7) is 2.55. The molecule has 0 spiro atoms. The highest BCUT2D eigenvalue weighted by molar-refractivity contribution is 5.99. The van der Waals surface area contributed by atoms with Gasteiger partial charge >= 0.3 is 0 Å². The monoisotopic (exact) mass is 290 g/mol. The number of carbonyl (C=O) groups is 2. The molecule has 1 aromatic carbocycles. The molecule has 21 heavy (non-hydrogen) atoms. The molecule has 0 saturated carbocycles. The van der Waals surface area contributed by atoms with Gasteiger partial charge in [0.2, 0.25) is 11.8 Å². The summed E-state index contributed by atoms with van der Waals surface area (Å²) in [6, 6.07) is 5.23. The first-order valence-corrected chi connectivity index (χ1v) is 7.25. The van der Waals surface area contributed by atoms with Gasteiger partial charge in [0, 0.05) is 31.6 Å². The van der Waals surface area contributed by atoms with E-state index in [1.165, 1.54) is 0 Å². The van der Waals surface area contributed by atoms with Gasteiger partial charge in [0.15, 0.2) is 0 Å². The quantitative estimate of drug-likeness (QED) is 0.727. The van der Waals surface area contributed by atoms with Crippen molar-refractivity contribution in [3.63, 3.8) is 0 Å². The van der Waals surface area contributed by atoms with E-state index >= 15 is 0 Å². The highest BCUT2D eigenvalue weighted by atomic mass is 16.2. The number of carbonyl (C=O) groups excluding carboxylic acids is 2. The molecule has 0 bridgehead atoms. The topological polar surface area (TPSA) is 87.5 Å². The number of rotatable bonds is 6. The Balaban J connectivity index is 2.22. The third-order valence-corrected chi connectivity index (χ3v) is 3.60. The Morgan fingerprint density at radius 2 is 2.00 bits per heavy atom. The van der Waals surface area contributed by atoms with Crippen molar-refractivity contribution in [1.29, 1.82) is 0 Å². The van der Waals surface area contributed by atoms with Gasteiger partial charge < -0.3 is 21.3 Å². The summed E-state index contributed by atoms with van der Waals surface area (Å²) in [4.78, 5) is 25.5. The molecular weight excluding hydrogens is 268 g/mol. The lowest BCUT2D eigenvalue weighted by atomic mass is 10.1. The molecule has 4 N–H and O–H groups in total. The van der Waals surface area contributed by atoms with Crippen LogP contribution in [0.2, 0.25) is 0 Å². The second kappa shape index (κ2) is 7.08. The molecule has 114 valence electrons. The fourth-order valence-electron chi connectivity index (χ4n) is 2.47. The Kier molecular flexibility index (Phi) is 5.16. The first-order valence-electron chi connectivity index (χ1n) is 7.25. The van der Waals surface area contributed by atoms with E-state index in [1.807, 2.05) is 6.07 Å². The van der Waals surface area contributed by atoms with E-state index in [4.69, 9.17) is 5.73 Å². The van der Waals surface area contributed by atoms with E-state index in [0.717, 1.165) is 31.6 Å². The van der Waals surface area contributed by atoms with Crippen molar-refractivity contribution >= 4 is 23.2 Å². The molecular formula is C15H22N4O2. The first-order chi connectivity index (χ1) is 10.1. The van der Waals surface area contributed by atoms with E-state index in [2.05, 4.69) is 15.5 Å². The van der Waals surface area contributed by atoms with Gasteiger partial charge in [-0.3, -0.25) is 9.59 Å². The van der Waals surface area contributed by atoms with Crippen molar-refractivity contribution in [2.45, 2.75) is 19.3 Å². The van der Waals surface area contributed by atoms with Crippen LogP contribution in [0.3, 0.4) is 0 Å². The largest absolute Gasteiger partial charge is 0.370 e. The van der Waals surface area contributed by atoms with Crippen molar-refractivity contribution in [1.82, 2.24) is 5.32 Å². The number of benzene rings is 1. The molecule has 0 aliphatic carbocycles. The molecule has 2 amide bonds. The molecule has 0 unspecified atom stereocenters. The van der Waals surface area contributed by atoms with Crippen LogP contribution >= 0.6 is 0 Å². The highest BCUT2D eigenvalue weighted by Crippen LogP contribution is 2.30. The molecule has 0 atom stereocenters. The minimum absolute atomic E-state index is 0.0774. The normalized spacial score (nSPS) is 14.2. The van der Waals surface area contributed by atoms with Crippen LogP contribution in [0.1, 0.15) is 29.6 Å². The first kappa shape index (κ1) is 15.3. The van der Waals surface area contributed by atoms with Crippen LogP contribution in [0.4, 0.5) is 11.4 Å². The molecule has 6 nitrogen and oxygen atoms in total. The van der Waals surface area contributed by atoms with Crippen LogP contribution < -0.4 is 21.3 Å². The zero-order valence-electron chi connectivity index (χ0n) is 12.3. The van der Waals surface area contributed by atoms with E-state index < -0.39 is 5.91 Å². The van der Waals surface area contributed by atoms with Crippen LogP contribution in [0, 0.1) is 0 Å². The van der Waals surface area contributed by atoms with Gasteiger partial charge in [-0.15, -0.1) is 0 Å². The number of amides is 2. The van der Waals surface area contributed by atoms with Gasteiger partial charge in [-0.25, -0.2) is 0 Å². The summed E-state index contributed by atoms with van der Waals surface area (Å²) in [5, 5.41) is 5.83. The maximum absolute atomic E-state index is 11.9. The minimum atomic E-state index is -0.492. The SMILES string of the molecule is CNCCC(=O)Nc1cc(C(N)=O)ccc1N1CCCC1. The lowest BCUT2D eigenvalue weighted by Gasteiger charge is -2.22. The lowest BCUT2D eigenvalue weighted by molar-refractivity contribution is -0.116. The molecule has 1 fully saturated rings. The van der Waals surface area contributed by atoms with Crippen LogP contribution in [0.15, 0.2) is 18.2 Å². The van der Waals surface area contributed by atoms with Gasteiger partial charge in [0.1, 0.15) is 0 Å². The van der Waals surface area contributed by atoms with Crippen molar-refractivity contribution in [2.75, 3.05) is 36.9 Å². The standard InChI is InChI=1S/C15H22N4O2/c1-17-7-6-14(20)18-12-10-11(15(16)21)4-5-13(12)19-8-2-3-9-19/h4-5,10,17H,2-3,6-9H2,1H3,(H2,16,21)(H,18,20). The molecule has 0 radical (unpaired) electrons. The number of nitrogens with two attached hydrogens (primary N) is 1. The van der Waals surface area contributed by atoms with Crippen LogP contribution in [-0.2, 0) is 4.79 Å². The van der Waals surface area contributed by atoms with Gasteiger partial charge in [-0.2, -0.15) is 0 Å². The zero-order valence-corrected chi connectivity index (χ0v) is 12.3.